The first-order valence-corrected chi connectivity index (χ1v) is 9.63. The highest BCUT2D eigenvalue weighted by molar-refractivity contribution is 9.10. The average molecular weight is 442 g/mol. The van der Waals surface area contributed by atoms with Crippen LogP contribution in [0.2, 0.25) is 10.0 Å². The lowest BCUT2D eigenvalue weighted by Gasteiger charge is -2.11. The summed E-state index contributed by atoms with van der Waals surface area (Å²) in [5, 5.41) is 2.28. The molecule has 3 nitrogen and oxygen atoms in total. The van der Waals surface area contributed by atoms with Gasteiger partial charge >= 0.3 is 0 Å². The number of ether oxygens (including phenoxy) is 1. The fourth-order valence-electron chi connectivity index (χ4n) is 3.12. The van der Waals surface area contributed by atoms with Gasteiger partial charge in [0.25, 0.3) is 0 Å². The predicted molar refractivity (Wildman–Crippen MR) is 110 cm³/mol. The van der Waals surface area contributed by atoms with Crippen LogP contribution in [0, 0.1) is 0 Å². The van der Waals surface area contributed by atoms with Gasteiger partial charge < -0.3 is 15.5 Å². The molecular formula is C19H19BrCl2N2O. The Bertz CT molecular complexity index is 908. The van der Waals surface area contributed by atoms with Gasteiger partial charge in [0.2, 0.25) is 0 Å². The smallest absolute Gasteiger partial charge is 0.128 e. The number of hydrogen-bond acceptors (Lipinski definition) is 2. The molecule has 0 atom stereocenters. The number of nitrogens with two attached hydrogens (primary N) is 1. The summed E-state index contributed by atoms with van der Waals surface area (Å²) in [6.45, 7) is 0.678. The van der Waals surface area contributed by atoms with Crippen LogP contribution in [0.5, 0.6) is 5.75 Å². The maximum atomic E-state index is 6.52. The van der Waals surface area contributed by atoms with Crippen molar-refractivity contribution in [2.45, 2.75) is 19.3 Å². The lowest BCUT2D eigenvalue weighted by molar-refractivity contribution is 0.416. The summed E-state index contributed by atoms with van der Waals surface area (Å²) in [7, 11) is 1.67. The van der Waals surface area contributed by atoms with Crippen molar-refractivity contribution in [3.63, 3.8) is 0 Å². The Morgan fingerprint density at radius 3 is 2.68 bits per heavy atom. The van der Waals surface area contributed by atoms with E-state index in [-0.39, 0.29) is 0 Å². The van der Waals surface area contributed by atoms with Crippen LogP contribution in [0.1, 0.15) is 18.4 Å². The molecule has 0 radical (unpaired) electrons. The third-order valence-electron chi connectivity index (χ3n) is 4.23. The Kier molecular flexibility index (Phi) is 5.95. The van der Waals surface area contributed by atoms with Crippen LogP contribution in [0.15, 0.2) is 34.8 Å². The molecule has 3 rings (SSSR count). The van der Waals surface area contributed by atoms with Crippen LogP contribution < -0.4 is 10.5 Å². The van der Waals surface area contributed by atoms with E-state index in [0.29, 0.717) is 16.6 Å². The average Bonchev–Trinajstić information content (AvgIpc) is 2.93. The minimum Gasteiger partial charge on any atom is -0.496 e. The molecule has 0 amide bonds. The fourth-order valence-corrected chi connectivity index (χ4v) is 4.08. The van der Waals surface area contributed by atoms with Crippen LogP contribution in [-0.2, 0) is 6.42 Å². The largest absolute Gasteiger partial charge is 0.496 e. The first kappa shape index (κ1) is 18.6. The third kappa shape index (κ3) is 3.82. The molecule has 0 saturated heterocycles. The van der Waals surface area contributed by atoms with Crippen LogP contribution in [0.3, 0.4) is 0 Å². The van der Waals surface area contributed by atoms with E-state index in [0.717, 1.165) is 51.6 Å². The van der Waals surface area contributed by atoms with E-state index in [1.165, 1.54) is 5.56 Å². The first-order chi connectivity index (χ1) is 12.0. The van der Waals surface area contributed by atoms with Gasteiger partial charge in [-0.05, 0) is 61.7 Å². The second kappa shape index (κ2) is 8.00. The molecule has 2 aromatic carbocycles. The van der Waals surface area contributed by atoms with E-state index in [4.69, 9.17) is 33.7 Å². The van der Waals surface area contributed by atoms with E-state index >= 15 is 0 Å². The van der Waals surface area contributed by atoms with Crippen molar-refractivity contribution < 1.29 is 4.74 Å². The van der Waals surface area contributed by atoms with Gasteiger partial charge in [-0.1, -0.05) is 39.1 Å². The maximum Gasteiger partial charge on any atom is 0.128 e. The molecule has 6 heteroatoms. The van der Waals surface area contributed by atoms with Gasteiger partial charge in [0.15, 0.2) is 0 Å². The number of rotatable bonds is 6. The number of aromatic amines is 1. The predicted octanol–water partition coefficient (Wildman–Crippen LogP) is 6.19. The van der Waals surface area contributed by atoms with Crippen molar-refractivity contribution in [2.24, 2.45) is 5.73 Å². The van der Waals surface area contributed by atoms with Crippen LogP contribution >= 0.6 is 39.1 Å². The molecule has 0 aliphatic rings. The first-order valence-electron chi connectivity index (χ1n) is 8.08. The maximum absolute atomic E-state index is 6.52. The van der Waals surface area contributed by atoms with Gasteiger partial charge in [0.1, 0.15) is 5.75 Å². The second-order valence-electron chi connectivity index (χ2n) is 5.88. The highest BCUT2D eigenvalue weighted by Gasteiger charge is 2.19. The molecule has 1 aromatic heterocycles. The Hall–Kier alpha value is -1.20. The number of aromatic nitrogens is 1. The zero-order valence-electron chi connectivity index (χ0n) is 13.8. The van der Waals surface area contributed by atoms with Gasteiger partial charge in [-0.25, -0.2) is 0 Å². The minimum atomic E-state index is 0.611. The van der Waals surface area contributed by atoms with Crippen molar-refractivity contribution in [3.05, 3.63) is 50.4 Å². The van der Waals surface area contributed by atoms with Crippen molar-refractivity contribution in [3.8, 4) is 17.0 Å². The molecule has 0 aliphatic heterocycles. The number of H-pyrrole nitrogens is 1. The fraction of sp³-hybridized carbons (Fsp3) is 0.263. The zero-order chi connectivity index (χ0) is 18.0. The normalized spacial score (nSPS) is 11.2. The van der Waals surface area contributed by atoms with E-state index in [9.17, 15) is 0 Å². The molecule has 0 bridgehead atoms. The van der Waals surface area contributed by atoms with Gasteiger partial charge in [-0.15, -0.1) is 0 Å². The highest BCUT2D eigenvalue weighted by Crippen LogP contribution is 2.41. The summed E-state index contributed by atoms with van der Waals surface area (Å²) in [4.78, 5) is 3.49. The van der Waals surface area contributed by atoms with Gasteiger partial charge in [0.05, 0.1) is 17.8 Å². The van der Waals surface area contributed by atoms with Crippen LogP contribution in [-0.4, -0.2) is 18.6 Å². The van der Waals surface area contributed by atoms with Crippen LogP contribution in [0.25, 0.3) is 22.2 Å². The number of halogens is 3. The van der Waals surface area contributed by atoms with E-state index < -0.39 is 0 Å². The summed E-state index contributed by atoms with van der Waals surface area (Å²) in [5.74, 6) is 0.803. The van der Waals surface area contributed by atoms with Gasteiger partial charge in [0, 0.05) is 26.0 Å². The monoisotopic (exact) mass is 440 g/mol. The number of methoxy groups -OCH3 is 1. The molecule has 25 heavy (non-hydrogen) atoms. The number of aryl methyl sites for hydroxylation is 1. The molecular weight excluding hydrogens is 423 g/mol. The molecule has 3 aromatic rings. The van der Waals surface area contributed by atoms with Crippen LogP contribution in [0.4, 0.5) is 0 Å². The second-order valence-corrected chi connectivity index (χ2v) is 7.64. The molecule has 0 spiro atoms. The van der Waals surface area contributed by atoms with E-state index in [1.807, 2.05) is 24.3 Å². The molecule has 0 fully saturated rings. The summed E-state index contributed by atoms with van der Waals surface area (Å²) < 4.78 is 6.55. The van der Waals surface area contributed by atoms with Crippen molar-refractivity contribution >= 4 is 50.0 Å². The topological polar surface area (TPSA) is 51.0 Å². The summed E-state index contributed by atoms with van der Waals surface area (Å²) >= 11 is 16.3. The highest BCUT2D eigenvalue weighted by atomic mass is 79.9. The number of nitrogens with one attached hydrogen (secondary N) is 1. The number of benzene rings is 2. The summed E-state index contributed by atoms with van der Waals surface area (Å²) in [6, 6.07) is 9.65. The number of fused-ring (bicyclic) bond motifs is 1. The molecule has 0 aliphatic carbocycles. The number of unbranched alkanes of at least 4 members (excludes halogenated alkanes) is 1. The Morgan fingerprint density at radius 1 is 1.16 bits per heavy atom. The molecule has 3 N–H and O–H groups in total. The molecule has 1 heterocycles. The minimum absolute atomic E-state index is 0.611. The van der Waals surface area contributed by atoms with E-state index in [2.05, 4.69) is 20.9 Å². The molecule has 0 unspecified atom stereocenters. The lowest BCUT2D eigenvalue weighted by atomic mass is 9.99. The van der Waals surface area contributed by atoms with Gasteiger partial charge in [-0.2, -0.15) is 0 Å². The number of hydrogen-bond donors (Lipinski definition) is 2. The Morgan fingerprint density at radius 2 is 1.96 bits per heavy atom. The standard InChI is InChI=1S/C19H19BrCl2N2O/c1-25-17-6-5-11(20)8-14(17)19-13(4-2-3-7-23)18-15(22)9-12(21)10-16(18)24-19/h5-6,8-10,24H,2-4,7,23H2,1H3. The van der Waals surface area contributed by atoms with Crippen molar-refractivity contribution in [2.75, 3.05) is 13.7 Å². The molecule has 132 valence electrons. The van der Waals surface area contributed by atoms with Gasteiger partial charge in [-0.3, -0.25) is 0 Å². The van der Waals surface area contributed by atoms with E-state index in [1.54, 1.807) is 13.2 Å². The lowest BCUT2D eigenvalue weighted by Crippen LogP contribution is -1.99. The Balaban J connectivity index is 2.25. The Labute approximate surface area is 165 Å². The SMILES string of the molecule is COc1ccc(Br)cc1-c1[nH]c2cc(Cl)cc(Cl)c2c1CCCCN. The van der Waals surface area contributed by atoms with Crippen molar-refractivity contribution in [1.82, 2.24) is 4.98 Å². The van der Waals surface area contributed by atoms with Crippen molar-refractivity contribution in [1.29, 1.82) is 0 Å². The summed E-state index contributed by atoms with van der Waals surface area (Å²) in [6.07, 6.45) is 2.84. The third-order valence-corrected chi connectivity index (χ3v) is 5.24. The summed E-state index contributed by atoms with van der Waals surface area (Å²) in [5.41, 5.74) is 9.76. The quantitative estimate of drug-likeness (QED) is 0.447. The molecule has 0 saturated carbocycles. The zero-order valence-corrected chi connectivity index (χ0v) is 16.9.